The Morgan fingerprint density at radius 3 is 2.54 bits per heavy atom. The van der Waals surface area contributed by atoms with Crippen LogP contribution in [0, 0.1) is 11.6 Å². The molecule has 0 saturated heterocycles. The van der Waals surface area contributed by atoms with Gasteiger partial charge in [-0.2, -0.15) is 0 Å². The summed E-state index contributed by atoms with van der Waals surface area (Å²) >= 11 is 1.15. The van der Waals surface area contributed by atoms with Crippen LogP contribution in [0.25, 0.3) is 22.4 Å². The minimum atomic E-state index is -0.625. The average molecular weight is 490 g/mol. The lowest BCUT2D eigenvalue weighted by Crippen LogP contribution is -2.15. The second-order valence-corrected chi connectivity index (χ2v) is 8.49. The highest BCUT2D eigenvalue weighted by molar-refractivity contribution is 7.14. The molecule has 174 valence electrons. The first-order valence-corrected chi connectivity index (χ1v) is 11.4. The number of carbonyl (C=O) groups excluding carboxylic acids is 2. The van der Waals surface area contributed by atoms with E-state index >= 15 is 0 Å². The second-order valence-electron chi connectivity index (χ2n) is 7.63. The predicted molar refractivity (Wildman–Crippen MR) is 130 cm³/mol. The third-order valence-electron chi connectivity index (χ3n) is 5.12. The Hall–Kier alpha value is -4.44. The maximum atomic E-state index is 13.8. The van der Waals surface area contributed by atoms with Crippen LogP contribution in [0.1, 0.15) is 16.1 Å². The van der Waals surface area contributed by atoms with Crippen molar-refractivity contribution in [2.75, 3.05) is 10.6 Å². The second kappa shape index (κ2) is 9.43. The van der Waals surface area contributed by atoms with Gasteiger partial charge in [0.2, 0.25) is 5.91 Å². The minimum absolute atomic E-state index is 0.00604. The summed E-state index contributed by atoms with van der Waals surface area (Å²) in [5.41, 5.74) is 3.12. The number of H-pyrrole nitrogens is 1. The molecule has 0 aliphatic carbocycles. The maximum Gasteiger partial charge on any atom is 0.260 e. The van der Waals surface area contributed by atoms with E-state index in [-0.39, 0.29) is 28.8 Å². The number of benzene rings is 3. The van der Waals surface area contributed by atoms with Gasteiger partial charge in [-0.25, -0.2) is 18.7 Å². The summed E-state index contributed by atoms with van der Waals surface area (Å²) in [4.78, 5) is 36.7. The quantitative estimate of drug-likeness (QED) is 0.297. The van der Waals surface area contributed by atoms with Crippen molar-refractivity contribution in [1.82, 2.24) is 15.0 Å². The van der Waals surface area contributed by atoms with Gasteiger partial charge in [0.25, 0.3) is 5.91 Å². The molecular formula is C25H17F2N5O2S. The molecule has 2 amide bonds. The van der Waals surface area contributed by atoms with E-state index in [1.807, 2.05) is 0 Å². The number of thiazole rings is 1. The van der Waals surface area contributed by atoms with Gasteiger partial charge >= 0.3 is 0 Å². The molecule has 2 aromatic heterocycles. The van der Waals surface area contributed by atoms with Crippen molar-refractivity contribution in [3.05, 3.63) is 95.0 Å². The molecule has 0 aliphatic rings. The Morgan fingerprint density at radius 1 is 0.943 bits per heavy atom. The van der Waals surface area contributed by atoms with Gasteiger partial charge in [-0.05, 0) is 54.6 Å². The number of nitrogens with one attached hydrogen (secondary N) is 3. The average Bonchev–Trinajstić information content (AvgIpc) is 3.46. The van der Waals surface area contributed by atoms with E-state index < -0.39 is 11.7 Å². The lowest BCUT2D eigenvalue weighted by Gasteiger charge is -2.04. The van der Waals surface area contributed by atoms with E-state index in [0.717, 1.165) is 16.9 Å². The van der Waals surface area contributed by atoms with Crippen LogP contribution in [-0.2, 0) is 11.2 Å². The molecule has 0 spiro atoms. The molecular weight excluding hydrogens is 472 g/mol. The first-order chi connectivity index (χ1) is 16.9. The van der Waals surface area contributed by atoms with Crippen LogP contribution in [0.2, 0.25) is 0 Å². The van der Waals surface area contributed by atoms with Gasteiger partial charge in [-0.15, -0.1) is 11.3 Å². The number of aromatic amines is 1. The summed E-state index contributed by atoms with van der Waals surface area (Å²) in [7, 11) is 0. The number of halogens is 2. The van der Waals surface area contributed by atoms with Crippen LogP contribution < -0.4 is 10.6 Å². The van der Waals surface area contributed by atoms with Crippen molar-refractivity contribution in [2.24, 2.45) is 0 Å². The van der Waals surface area contributed by atoms with Crippen molar-refractivity contribution in [3.63, 3.8) is 0 Å². The Balaban J connectivity index is 1.23. The van der Waals surface area contributed by atoms with Crippen molar-refractivity contribution in [2.45, 2.75) is 6.42 Å². The summed E-state index contributed by atoms with van der Waals surface area (Å²) in [5.74, 6) is -1.26. The number of rotatable bonds is 6. The summed E-state index contributed by atoms with van der Waals surface area (Å²) in [6.45, 7) is 0. The van der Waals surface area contributed by atoms with Gasteiger partial charge in [0.05, 0.1) is 28.7 Å². The summed E-state index contributed by atoms with van der Waals surface area (Å²) in [6, 6.07) is 16.9. The van der Waals surface area contributed by atoms with Gasteiger partial charge in [0, 0.05) is 16.6 Å². The van der Waals surface area contributed by atoms with Gasteiger partial charge in [-0.1, -0.05) is 12.1 Å². The number of carbonyl (C=O) groups is 2. The monoisotopic (exact) mass is 489 g/mol. The Morgan fingerprint density at radius 2 is 1.74 bits per heavy atom. The van der Waals surface area contributed by atoms with E-state index in [4.69, 9.17) is 0 Å². The zero-order chi connectivity index (χ0) is 24.4. The molecule has 35 heavy (non-hydrogen) atoms. The number of hydrogen-bond acceptors (Lipinski definition) is 5. The zero-order valence-corrected chi connectivity index (χ0v) is 18.8. The fourth-order valence-corrected chi connectivity index (χ4v) is 4.16. The number of hydrogen-bond donors (Lipinski definition) is 3. The highest BCUT2D eigenvalue weighted by atomic mass is 32.1. The van der Waals surface area contributed by atoms with Crippen molar-refractivity contribution in [3.8, 4) is 11.4 Å². The van der Waals surface area contributed by atoms with Gasteiger partial charge in [0.1, 0.15) is 17.5 Å². The van der Waals surface area contributed by atoms with Gasteiger partial charge in [-0.3, -0.25) is 14.9 Å². The number of fused-ring (bicyclic) bond motifs is 1. The Bertz CT molecular complexity index is 1550. The first kappa shape index (κ1) is 22.4. The molecule has 0 bridgehead atoms. The minimum Gasteiger partial charge on any atom is -0.338 e. The van der Waals surface area contributed by atoms with Crippen molar-refractivity contribution >= 4 is 45.0 Å². The molecule has 3 N–H and O–H groups in total. The lowest BCUT2D eigenvalue weighted by atomic mass is 10.2. The van der Waals surface area contributed by atoms with Crippen molar-refractivity contribution < 1.29 is 18.4 Å². The van der Waals surface area contributed by atoms with Crippen LogP contribution in [-0.4, -0.2) is 26.8 Å². The predicted octanol–water partition coefficient (Wildman–Crippen LogP) is 5.40. The van der Waals surface area contributed by atoms with Crippen LogP contribution in [0.15, 0.2) is 72.1 Å². The highest BCUT2D eigenvalue weighted by Crippen LogP contribution is 2.24. The van der Waals surface area contributed by atoms with E-state index in [2.05, 4.69) is 25.6 Å². The molecule has 0 atom stereocenters. The molecule has 7 nitrogen and oxygen atoms in total. The lowest BCUT2D eigenvalue weighted by molar-refractivity contribution is -0.115. The van der Waals surface area contributed by atoms with Crippen LogP contribution >= 0.6 is 11.3 Å². The summed E-state index contributed by atoms with van der Waals surface area (Å²) in [6.07, 6.45) is -0.00604. The van der Waals surface area contributed by atoms with E-state index in [0.29, 0.717) is 28.2 Å². The normalized spacial score (nSPS) is 10.9. The molecule has 2 heterocycles. The molecule has 0 unspecified atom stereocenters. The third-order valence-corrected chi connectivity index (χ3v) is 5.92. The Labute approximate surface area is 201 Å². The van der Waals surface area contributed by atoms with Crippen LogP contribution in [0.4, 0.5) is 19.6 Å². The standard InChI is InChI=1S/C25H17F2N5O2S/c26-15-7-5-14(6-8-15)23-30-20-10-9-16(11-21(20)31-23)28-22(33)12-17-13-35-25(29-17)32-24(34)18-3-1-2-4-19(18)27/h1-11,13H,12H2,(H,28,33)(H,30,31)(H,29,32,34). The molecule has 5 aromatic rings. The number of imidazole rings is 1. The highest BCUT2D eigenvalue weighted by Gasteiger charge is 2.14. The fraction of sp³-hybridized carbons (Fsp3) is 0.0400. The molecule has 0 fully saturated rings. The molecule has 0 aliphatic heterocycles. The van der Waals surface area contributed by atoms with E-state index in [1.165, 1.54) is 30.3 Å². The number of nitrogens with zero attached hydrogens (tertiary/aromatic N) is 2. The van der Waals surface area contributed by atoms with Crippen molar-refractivity contribution in [1.29, 1.82) is 0 Å². The van der Waals surface area contributed by atoms with Crippen LogP contribution in [0.3, 0.4) is 0 Å². The number of anilines is 2. The molecule has 0 saturated carbocycles. The molecule has 0 radical (unpaired) electrons. The first-order valence-electron chi connectivity index (χ1n) is 10.5. The molecule has 3 aromatic carbocycles. The summed E-state index contributed by atoms with van der Waals surface area (Å²) in [5, 5.41) is 7.29. The van der Waals surface area contributed by atoms with Gasteiger partial charge in [0.15, 0.2) is 5.13 Å². The fourth-order valence-electron chi connectivity index (χ4n) is 3.46. The topological polar surface area (TPSA) is 99.8 Å². The van der Waals surface area contributed by atoms with E-state index in [9.17, 15) is 18.4 Å². The number of aromatic nitrogens is 3. The maximum absolute atomic E-state index is 13.8. The van der Waals surface area contributed by atoms with E-state index in [1.54, 1.807) is 41.8 Å². The largest absolute Gasteiger partial charge is 0.338 e. The third kappa shape index (κ3) is 5.07. The van der Waals surface area contributed by atoms with Gasteiger partial charge < -0.3 is 10.3 Å². The summed E-state index contributed by atoms with van der Waals surface area (Å²) < 4.78 is 26.9. The smallest absolute Gasteiger partial charge is 0.260 e. The SMILES string of the molecule is O=C(Cc1csc(NC(=O)c2ccccc2F)n1)Nc1ccc2nc(-c3ccc(F)cc3)[nH]c2c1. The zero-order valence-electron chi connectivity index (χ0n) is 18.0. The Kier molecular flexibility index (Phi) is 6.02. The molecule has 5 rings (SSSR count). The molecule has 10 heteroatoms. The van der Waals surface area contributed by atoms with Crippen LogP contribution in [0.5, 0.6) is 0 Å². The number of amides is 2.